The van der Waals surface area contributed by atoms with Gasteiger partial charge in [0.25, 0.3) is 0 Å². The fraction of sp³-hybridized carbons (Fsp3) is 0.818. The molecule has 0 aliphatic rings. The van der Waals surface area contributed by atoms with Gasteiger partial charge in [-0.05, 0) is 13.8 Å². The van der Waals surface area contributed by atoms with E-state index in [9.17, 15) is 4.79 Å². The lowest BCUT2D eigenvalue weighted by molar-refractivity contribution is -0.127. The van der Waals surface area contributed by atoms with E-state index in [1.165, 1.54) is 4.90 Å². The first-order chi connectivity index (χ1) is 8.11. The van der Waals surface area contributed by atoms with Gasteiger partial charge in [0.15, 0.2) is 5.96 Å². The molecule has 0 heterocycles. The zero-order chi connectivity index (χ0) is 13.1. The number of carbonyl (C=O) groups is 1. The molecular formula is C11H24N4O2. The SMILES string of the molecule is CCNC(=NCC(=O)N(C)C)NCCOCC. The van der Waals surface area contributed by atoms with Crippen molar-refractivity contribution in [3.8, 4) is 0 Å². The highest BCUT2D eigenvalue weighted by atomic mass is 16.5. The minimum atomic E-state index is -0.0213. The van der Waals surface area contributed by atoms with Crippen LogP contribution in [0.2, 0.25) is 0 Å². The highest BCUT2D eigenvalue weighted by Gasteiger charge is 2.03. The Bertz CT molecular complexity index is 242. The normalized spacial score (nSPS) is 11.2. The maximum absolute atomic E-state index is 11.4. The van der Waals surface area contributed by atoms with Gasteiger partial charge in [0.05, 0.1) is 6.61 Å². The van der Waals surface area contributed by atoms with Crippen LogP contribution < -0.4 is 10.6 Å². The van der Waals surface area contributed by atoms with Gasteiger partial charge in [-0.2, -0.15) is 0 Å². The highest BCUT2D eigenvalue weighted by molar-refractivity contribution is 5.84. The van der Waals surface area contributed by atoms with Crippen molar-refractivity contribution < 1.29 is 9.53 Å². The van der Waals surface area contributed by atoms with Gasteiger partial charge >= 0.3 is 0 Å². The summed E-state index contributed by atoms with van der Waals surface area (Å²) in [4.78, 5) is 17.1. The first kappa shape index (κ1) is 15.7. The van der Waals surface area contributed by atoms with E-state index >= 15 is 0 Å². The summed E-state index contributed by atoms with van der Waals surface area (Å²) in [7, 11) is 3.43. The molecule has 17 heavy (non-hydrogen) atoms. The topological polar surface area (TPSA) is 66.0 Å². The van der Waals surface area contributed by atoms with Gasteiger partial charge in [-0.3, -0.25) is 4.79 Å². The van der Waals surface area contributed by atoms with Gasteiger partial charge in [0.1, 0.15) is 6.54 Å². The average Bonchev–Trinajstić information content (AvgIpc) is 2.30. The van der Waals surface area contributed by atoms with Crippen molar-refractivity contribution >= 4 is 11.9 Å². The molecule has 2 N–H and O–H groups in total. The number of aliphatic imine (C=N–C) groups is 1. The number of likely N-dealkylation sites (N-methyl/N-ethyl adjacent to an activating group) is 1. The summed E-state index contributed by atoms with van der Waals surface area (Å²) < 4.78 is 5.21. The molecule has 0 bridgehead atoms. The van der Waals surface area contributed by atoms with E-state index in [1.807, 2.05) is 13.8 Å². The zero-order valence-electron chi connectivity index (χ0n) is 11.2. The fourth-order valence-electron chi connectivity index (χ4n) is 1.02. The molecule has 0 saturated heterocycles. The van der Waals surface area contributed by atoms with E-state index in [2.05, 4.69) is 15.6 Å². The quantitative estimate of drug-likeness (QED) is 0.365. The highest BCUT2D eigenvalue weighted by Crippen LogP contribution is 1.81. The summed E-state index contributed by atoms with van der Waals surface area (Å²) in [6.45, 7) is 6.85. The first-order valence-corrected chi connectivity index (χ1v) is 5.91. The van der Waals surface area contributed by atoms with Gasteiger partial charge in [-0.15, -0.1) is 0 Å². The Morgan fingerprint density at radius 2 is 2.00 bits per heavy atom. The summed E-state index contributed by atoms with van der Waals surface area (Å²) in [5, 5.41) is 6.16. The van der Waals surface area contributed by atoms with Gasteiger partial charge < -0.3 is 20.3 Å². The molecule has 0 aliphatic carbocycles. The number of hydrogen-bond acceptors (Lipinski definition) is 3. The van der Waals surface area contributed by atoms with Crippen LogP contribution in [0.3, 0.4) is 0 Å². The van der Waals surface area contributed by atoms with Crippen molar-refractivity contribution in [2.45, 2.75) is 13.8 Å². The molecule has 1 amide bonds. The van der Waals surface area contributed by atoms with Crippen LogP contribution in [-0.4, -0.2) is 63.7 Å². The Labute approximate surface area is 103 Å². The molecule has 0 fully saturated rings. The zero-order valence-corrected chi connectivity index (χ0v) is 11.2. The van der Waals surface area contributed by atoms with Gasteiger partial charge in [0, 0.05) is 33.8 Å². The standard InChI is InChI=1S/C11H24N4O2/c1-5-12-11(13-7-8-17-6-2)14-9-10(16)15(3)4/h5-9H2,1-4H3,(H2,12,13,14). The second-order valence-electron chi connectivity index (χ2n) is 3.61. The molecule has 0 aromatic heterocycles. The maximum atomic E-state index is 11.4. The predicted octanol–water partition coefficient (Wildman–Crippen LogP) is -0.334. The van der Waals surface area contributed by atoms with Crippen LogP contribution >= 0.6 is 0 Å². The summed E-state index contributed by atoms with van der Waals surface area (Å²) >= 11 is 0. The molecule has 0 aromatic rings. The molecule has 0 rings (SSSR count). The minimum absolute atomic E-state index is 0.0213. The molecule has 0 spiro atoms. The molecule has 0 atom stereocenters. The Hall–Kier alpha value is -1.30. The molecule has 6 heteroatoms. The van der Waals surface area contributed by atoms with Gasteiger partial charge in [-0.25, -0.2) is 4.99 Å². The number of ether oxygens (including phenoxy) is 1. The largest absolute Gasteiger partial charge is 0.380 e. The summed E-state index contributed by atoms with van der Waals surface area (Å²) in [6.07, 6.45) is 0. The Balaban J connectivity index is 4.02. The molecular weight excluding hydrogens is 220 g/mol. The van der Waals surface area contributed by atoms with Crippen LogP contribution in [0.1, 0.15) is 13.8 Å². The minimum Gasteiger partial charge on any atom is -0.380 e. The third kappa shape index (κ3) is 8.50. The molecule has 6 nitrogen and oxygen atoms in total. The lowest BCUT2D eigenvalue weighted by Crippen LogP contribution is -2.39. The van der Waals surface area contributed by atoms with Crippen LogP contribution in [0.25, 0.3) is 0 Å². The summed E-state index contributed by atoms with van der Waals surface area (Å²) in [5.74, 6) is 0.620. The first-order valence-electron chi connectivity index (χ1n) is 5.91. The lowest BCUT2D eigenvalue weighted by Gasteiger charge is -2.12. The van der Waals surface area contributed by atoms with Crippen molar-refractivity contribution in [3.05, 3.63) is 0 Å². The second-order valence-corrected chi connectivity index (χ2v) is 3.61. The Morgan fingerprint density at radius 3 is 2.53 bits per heavy atom. The van der Waals surface area contributed by atoms with Crippen molar-refractivity contribution in [2.75, 3.05) is 46.9 Å². The molecule has 0 saturated carbocycles. The number of nitrogens with one attached hydrogen (secondary N) is 2. The van der Waals surface area contributed by atoms with E-state index in [0.29, 0.717) is 25.7 Å². The van der Waals surface area contributed by atoms with Crippen LogP contribution in [0.5, 0.6) is 0 Å². The fourth-order valence-corrected chi connectivity index (χ4v) is 1.02. The Morgan fingerprint density at radius 1 is 1.29 bits per heavy atom. The van der Waals surface area contributed by atoms with E-state index in [1.54, 1.807) is 14.1 Å². The third-order valence-electron chi connectivity index (χ3n) is 1.96. The van der Waals surface area contributed by atoms with E-state index in [-0.39, 0.29) is 12.5 Å². The predicted molar refractivity (Wildman–Crippen MR) is 69.2 cm³/mol. The molecule has 0 aliphatic heterocycles. The smallest absolute Gasteiger partial charge is 0.243 e. The number of nitrogens with zero attached hydrogens (tertiary/aromatic N) is 2. The van der Waals surface area contributed by atoms with Crippen LogP contribution in [0.15, 0.2) is 4.99 Å². The van der Waals surface area contributed by atoms with E-state index in [4.69, 9.17) is 4.74 Å². The number of amides is 1. The summed E-state index contributed by atoms with van der Waals surface area (Å²) in [5.41, 5.74) is 0. The number of rotatable bonds is 7. The van der Waals surface area contributed by atoms with Crippen LogP contribution in [0, 0.1) is 0 Å². The lowest BCUT2D eigenvalue weighted by atomic mass is 10.5. The van der Waals surface area contributed by atoms with Crippen molar-refractivity contribution in [2.24, 2.45) is 4.99 Å². The van der Waals surface area contributed by atoms with Crippen LogP contribution in [0.4, 0.5) is 0 Å². The van der Waals surface area contributed by atoms with Crippen molar-refractivity contribution in [3.63, 3.8) is 0 Å². The Kier molecular flexibility index (Phi) is 9.14. The number of guanidine groups is 1. The van der Waals surface area contributed by atoms with E-state index < -0.39 is 0 Å². The molecule has 0 unspecified atom stereocenters. The molecule has 0 radical (unpaired) electrons. The van der Waals surface area contributed by atoms with Gasteiger partial charge in [-0.1, -0.05) is 0 Å². The monoisotopic (exact) mass is 244 g/mol. The van der Waals surface area contributed by atoms with Crippen molar-refractivity contribution in [1.29, 1.82) is 0 Å². The number of hydrogen-bond donors (Lipinski definition) is 2. The number of carbonyl (C=O) groups excluding carboxylic acids is 1. The second kappa shape index (κ2) is 9.89. The molecule has 100 valence electrons. The summed E-state index contributed by atoms with van der Waals surface area (Å²) in [6, 6.07) is 0. The van der Waals surface area contributed by atoms with E-state index in [0.717, 1.165) is 6.54 Å². The third-order valence-corrected chi connectivity index (χ3v) is 1.96. The van der Waals surface area contributed by atoms with Crippen LogP contribution in [-0.2, 0) is 9.53 Å². The maximum Gasteiger partial charge on any atom is 0.243 e. The van der Waals surface area contributed by atoms with Crippen molar-refractivity contribution in [1.82, 2.24) is 15.5 Å². The average molecular weight is 244 g/mol. The molecule has 0 aromatic carbocycles. The van der Waals surface area contributed by atoms with Gasteiger partial charge in [0.2, 0.25) is 5.91 Å².